The average molecular weight is 863 g/mol. The van der Waals surface area contributed by atoms with E-state index in [1.165, 1.54) is 128 Å². The van der Waals surface area contributed by atoms with Gasteiger partial charge in [-0.1, -0.05) is 186 Å². The predicted octanol–water partition coefficient (Wildman–Crippen LogP) is 8.84. The van der Waals surface area contributed by atoms with E-state index in [4.69, 9.17) is 18.5 Å². The molecule has 0 aromatic heterocycles. The second kappa shape index (κ2) is 35.9. The van der Waals surface area contributed by atoms with Crippen LogP contribution in [0.5, 0.6) is 0 Å². The highest BCUT2D eigenvalue weighted by molar-refractivity contribution is 7.47. The lowest BCUT2D eigenvalue weighted by molar-refractivity contribution is -0.220. The number of phosphoric ester groups is 1. The van der Waals surface area contributed by atoms with Crippen molar-refractivity contribution in [3.8, 4) is 0 Å². The zero-order valence-corrected chi connectivity index (χ0v) is 37.4. The molecule has 1 rings (SSSR count). The van der Waals surface area contributed by atoms with E-state index in [1.807, 2.05) is 6.08 Å². The molecule has 8 atom stereocenters. The van der Waals surface area contributed by atoms with Crippen molar-refractivity contribution in [2.45, 2.75) is 236 Å². The largest absolute Gasteiger partial charge is 0.472 e. The van der Waals surface area contributed by atoms with E-state index in [0.717, 1.165) is 44.9 Å². The van der Waals surface area contributed by atoms with Crippen molar-refractivity contribution in [2.24, 2.45) is 0 Å². The van der Waals surface area contributed by atoms with Gasteiger partial charge in [-0.2, -0.15) is 0 Å². The van der Waals surface area contributed by atoms with E-state index in [1.54, 1.807) is 12.2 Å². The maximum Gasteiger partial charge on any atom is 0.472 e. The second-order valence-corrected chi connectivity index (χ2v) is 17.7. The molecule has 6 N–H and O–H groups in total. The molecule has 14 heteroatoms. The molecule has 59 heavy (non-hydrogen) atoms. The van der Waals surface area contributed by atoms with Crippen LogP contribution in [0.15, 0.2) is 24.3 Å². The van der Waals surface area contributed by atoms with Gasteiger partial charge in [0.1, 0.15) is 43.2 Å². The van der Waals surface area contributed by atoms with Crippen LogP contribution in [-0.4, -0.2) is 98.3 Å². The number of hydrogen-bond acceptors (Lipinski definition) is 12. The number of carbonyl (C=O) groups is 2. The van der Waals surface area contributed by atoms with Crippen LogP contribution in [0.1, 0.15) is 194 Å². The number of carbonyl (C=O) groups excluding carboxylic acids is 2. The Labute approximate surface area is 356 Å². The number of aliphatic hydroxyl groups excluding tert-OH is 5. The average Bonchev–Trinajstić information content (AvgIpc) is 3.21. The summed E-state index contributed by atoms with van der Waals surface area (Å²) in [4.78, 5) is 35.5. The Kier molecular flexibility index (Phi) is 33.7. The van der Waals surface area contributed by atoms with Crippen LogP contribution >= 0.6 is 7.82 Å². The molecule has 6 unspecified atom stereocenters. The van der Waals surface area contributed by atoms with Gasteiger partial charge in [0, 0.05) is 12.5 Å². The Morgan fingerprint density at radius 2 is 0.966 bits per heavy atom. The number of allylic oxidation sites excluding steroid dienone is 3. The van der Waals surface area contributed by atoms with Crippen LogP contribution < -0.4 is 0 Å². The summed E-state index contributed by atoms with van der Waals surface area (Å²) >= 11 is 0. The van der Waals surface area contributed by atoms with Crippen LogP contribution in [0.2, 0.25) is 0 Å². The summed E-state index contributed by atoms with van der Waals surface area (Å²) in [6.45, 7) is 3.20. The fourth-order valence-electron chi connectivity index (χ4n) is 7.14. The Morgan fingerprint density at radius 3 is 1.42 bits per heavy atom. The van der Waals surface area contributed by atoms with Gasteiger partial charge in [0.2, 0.25) is 0 Å². The summed E-state index contributed by atoms with van der Waals surface area (Å²) in [7, 11) is -5.13. The van der Waals surface area contributed by atoms with Crippen molar-refractivity contribution in [1.29, 1.82) is 0 Å². The first-order valence-corrected chi connectivity index (χ1v) is 24.7. The lowest BCUT2D eigenvalue weighted by Gasteiger charge is -2.41. The lowest BCUT2D eigenvalue weighted by atomic mass is 9.85. The smallest absolute Gasteiger partial charge is 0.458 e. The number of aliphatic hydroxyl groups is 5. The summed E-state index contributed by atoms with van der Waals surface area (Å²) in [6.07, 6.45) is 25.8. The molecule has 0 saturated heterocycles. The first-order valence-electron chi connectivity index (χ1n) is 23.2. The molecule has 0 aliphatic heterocycles. The van der Waals surface area contributed by atoms with Gasteiger partial charge in [-0.3, -0.25) is 13.8 Å². The van der Waals surface area contributed by atoms with Crippen molar-refractivity contribution >= 4 is 19.8 Å². The second-order valence-electron chi connectivity index (χ2n) is 16.3. The third-order valence-electron chi connectivity index (χ3n) is 10.9. The van der Waals surface area contributed by atoms with Crippen molar-refractivity contribution in [2.75, 3.05) is 13.2 Å². The van der Waals surface area contributed by atoms with Gasteiger partial charge in [0.25, 0.3) is 0 Å². The summed E-state index contributed by atoms with van der Waals surface area (Å²) in [5.74, 6) is -1.34. The highest BCUT2D eigenvalue weighted by Crippen LogP contribution is 2.47. The van der Waals surface area contributed by atoms with Crippen molar-refractivity contribution in [3.63, 3.8) is 0 Å². The van der Waals surface area contributed by atoms with E-state index in [2.05, 4.69) is 13.8 Å². The molecule has 0 radical (unpaired) electrons. The van der Waals surface area contributed by atoms with Gasteiger partial charge >= 0.3 is 19.8 Å². The lowest BCUT2D eigenvalue weighted by Crippen LogP contribution is -2.64. The molecule has 0 amide bonds. The van der Waals surface area contributed by atoms with Gasteiger partial charge < -0.3 is 39.9 Å². The van der Waals surface area contributed by atoms with Gasteiger partial charge in [0.05, 0.1) is 6.61 Å². The Balaban J connectivity index is 2.50. The molecule has 13 nitrogen and oxygen atoms in total. The Morgan fingerprint density at radius 1 is 0.559 bits per heavy atom. The number of phosphoric acid groups is 1. The normalized spacial score (nSPS) is 22.5. The van der Waals surface area contributed by atoms with Crippen molar-refractivity contribution in [3.05, 3.63) is 24.3 Å². The molecule has 346 valence electrons. The molecule has 0 bridgehead atoms. The monoisotopic (exact) mass is 863 g/mol. The first-order chi connectivity index (χ1) is 28.4. The van der Waals surface area contributed by atoms with E-state index < -0.39 is 75.7 Å². The molecule has 0 heterocycles. The Hall–Kier alpha value is -1.67. The zero-order chi connectivity index (χ0) is 43.6. The fourth-order valence-corrected chi connectivity index (χ4v) is 8.12. The highest BCUT2D eigenvalue weighted by Gasteiger charge is 2.51. The van der Waals surface area contributed by atoms with Gasteiger partial charge in [-0.05, 0) is 19.3 Å². The molecular weight excluding hydrogens is 779 g/mol. The number of rotatable bonds is 38. The number of hydrogen-bond donors (Lipinski definition) is 6. The van der Waals surface area contributed by atoms with Crippen molar-refractivity contribution in [1.82, 2.24) is 0 Å². The molecular formula is C45H83O13P. The molecule has 0 aromatic rings. The van der Waals surface area contributed by atoms with E-state index in [9.17, 15) is 44.6 Å². The number of esters is 2. The van der Waals surface area contributed by atoms with Crippen LogP contribution in [0.4, 0.5) is 0 Å². The van der Waals surface area contributed by atoms with E-state index in [-0.39, 0.29) is 6.42 Å². The minimum Gasteiger partial charge on any atom is -0.458 e. The maximum atomic E-state index is 12.8. The predicted molar refractivity (Wildman–Crippen MR) is 230 cm³/mol. The van der Waals surface area contributed by atoms with Crippen LogP contribution in [0.3, 0.4) is 0 Å². The van der Waals surface area contributed by atoms with Crippen LogP contribution in [-0.2, 0) is 32.7 Å². The van der Waals surface area contributed by atoms with Gasteiger partial charge in [-0.25, -0.2) is 9.36 Å². The topological polar surface area (TPSA) is 210 Å². The molecule has 0 aromatic carbocycles. The minimum atomic E-state index is -5.13. The van der Waals surface area contributed by atoms with Crippen molar-refractivity contribution < 1.29 is 63.1 Å². The molecule has 1 aliphatic rings. The fraction of sp³-hybridized carbons (Fsp3) is 0.867. The molecule has 1 saturated carbocycles. The first kappa shape index (κ1) is 55.3. The van der Waals surface area contributed by atoms with Gasteiger partial charge in [-0.15, -0.1) is 0 Å². The molecule has 0 spiro atoms. The van der Waals surface area contributed by atoms with E-state index in [0.29, 0.717) is 6.42 Å². The summed E-state index contributed by atoms with van der Waals surface area (Å²) in [6, 6.07) is 0. The third-order valence-corrected chi connectivity index (χ3v) is 11.9. The van der Waals surface area contributed by atoms with Crippen LogP contribution in [0, 0.1) is 0 Å². The Bertz CT molecular complexity index is 1130. The summed E-state index contributed by atoms with van der Waals surface area (Å²) in [5.41, 5.74) is 0. The SMILES string of the molecule is CCCCCCCCCCCCC/C=C/C=C/C(=O)OC[C@H](COP(=O)(O)OC1C(O)C(O)C(O)[C@@H](O)C1O)OC(=O)CCCCCCCCCCCCCCCCC. The third kappa shape index (κ3) is 28.5. The summed E-state index contributed by atoms with van der Waals surface area (Å²) < 4.78 is 33.3. The molecule has 1 aliphatic carbocycles. The quantitative estimate of drug-likeness (QED) is 0.0113. The van der Waals surface area contributed by atoms with E-state index >= 15 is 0 Å². The zero-order valence-electron chi connectivity index (χ0n) is 36.6. The van der Waals surface area contributed by atoms with Crippen LogP contribution in [0.25, 0.3) is 0 Å². The standard InChI is InChI=1S/C45H83O13P/c1-3-5-7-9-11-13-15-17-19-21-23-25-27-29-31-33-38(46)55-35-37(36-56-59(53,54)58-45-43(51)41(49)40(48)42(50)44(45)52)57-39(47)34-32-30-28-26-24-22-20-18-16-14-12-10-8-6-4-2/h27,29,31,33,37,40-45,48-52H,3-26,28,30,32,34-36H2,1-2H3,(H,53,54)/b29-27+,33-31+/t37-,40?,41-,42?,43?,44?,45?/m1/s1. The van der Waals surface area contributed by atoms with Gasteiger partial charge in [0.15, 0.2) is 6.10 Å². The number of ether oxygens (including phenoxy) is 2. The maximum absolute atomic E-state index is 12.8. The minimum absolute atomic E-state index is 0.0817. The number of unbranched alkanes of at least 4 members (excludes halogenated alkanes) is 25. The summed E-state index contributed by atoms with van der Waals surface area (Å²) in [5, 5.41) is 50.1. The highest BCUT2D eigenvalue weighted by atomic mass is 31.2. The molecule has 1 fully saturated rings.